The van der Waals surface area contributed by atoms with E-state index in [1.165, 1.54) is 37.4 Å². The van der Waals surface area contributed by atoms with Gasteiger partial charge in [0.25, 0.3) is 0 Å². The molecule has 1 aliphatic heterocycles. The second-order valence-electron chi connectivity index (χ2n) is 5.26. The fourth-order valence-corrected chi connectivity index (χ4v) is 3.25. The lowest BCUT2D eigenvalue weighted by atomic mass is 10.1. The van der Waals surface area contributed by atoms with Gasteiger partial charge in [0.05, 0.1) is 0 Å². The van der Waals surface area contributed by atoms with E-state index in [1.54, 1.807) is 0 Å². The SMILES string of the molecule is CC(CNC(C)c1cccs1)CN1CCCC1. The molecular formula is C14H24N2S. The van der Waals surface area contributed by atoms with Gasteiger partial charge >= 0.3 is 0 Å². The van der Waals surface area contributed by atoms with E-state index in [9.17, 15) is 0 Å². The third kappa shape index (κ3) is 4.09. The highest BCUT2D eigenvalue weighted by Crippen LogP contribution is 2.18. The first-order chi connectivity index (χ1) is 8.25. The van der Waals surface area contributed by atoms with Crippen LogP contribution in [0.3, 0.4) is 0 Å². The van der Waals surface area contributed by atoms with Crippen LogP contribution in [0, 0.1) is 5.92 Å². The van der Waals surface area contributed by atoms with Gasteiger partial charge in [-0.25, -0.2) is 0 Å². The standard InChI is InChI=1S/C14H24N2S/c1-12(11-16-7-3-4-8-16)10-15-13(2)14-6-5-9-17-14/h5-6,9,12-13,15H,3-4,7-8,10-11H2,1-2H3. The molecule has 1 aromatic rings. The highest BCUT2D eigenvalue weighted by molar-refractivity contribution is 7.10. The Hall–Kier alpha value is -0.380. The predicted molar refractivity (Wildman–Crippen MR) is 75.6 cm³/mol. The molecule has 2 unspecified atom stereocenters. The van der Waals surface area contributed by atoms with Gasteiger partial charge in [-0.05, 0) is 56.8 Å². The Balaban J connectivity index is 1.66. The lowest BCUT2D eigenvalue weighted by Gasteiger charge is -2.22. The molecule has 0 aromatic carbocycles. The van der Waals surface area contributed by atoms with Crippen LogP contribution >= 0.6 is 11.3 Å². The Kier molecular flexibility index (Phi) is 5.01. The molecule has 1 fully saturated rings. The van der Waals surface area contributed by atoms with Gasteiger partial charge in [-0.3, -0.25) is 0 Å². The van der Waals surface area contributed by atoms with Gasteiger partial charge in [0.15, 0.2) is 0 Å². The zero-order chi connectivity index (χ0) is 12.1. The van der Waals surface area contributed by atoms with Gasteiger partial charge in [-0.1, -0.05) is 13.0 Å². The summed E-state index contributed by atoms with van der Waals surface area (Å²) in [7, 11) is 0. The van der Waals surface area contributed by atoms with Crippen molar-refractivity contribution in [2.75, 3.05) is 26.2 Å². The van der Waals surface area contributed by atoms with Crippen molar-refractivity contribution in [3.05, 3.63) is 22.4 Å². The van der Waals surface area contributed by atoms with E-state index in [2.05, 4.69) is 41.6 Å². The van der Waals surface area contributed by atoms with Crippen molar-refractivity contribution in [1.82, 2.24) is 10.2 Å². The molecule has 3 heteroatoms. The summed E-state index contributed by atoms with van der Waals surface area (Å²) >= 11 is 1.84. The van der Waals surface area contributed by atoms with Crippen LogP contribution in [0.1, 0.15) is 37.6 Å². The molecule has 2 rings (SSSR count). The Morgan fingerprint density at radius 2 is 2.12 bits per heavy atom. The van der Waals surface area contributed by atoms with Gasteiger partial charge in [0, 0.05) is 17.5 Å². The average Bonchev–Trinajstić information content (AvgIpc) is 2.97. The Morgan fingerprint density at radius 1 is 1.35 bits per heavy atom. The first-order valence-electron chi connectivity index (χ1n) is 6.75. The first kappa shape index (κ1) is 13.1. The smallest absolute Gasteiger partial charge is 0.0386 e. The molecular weight excluding hydrogens is 228 g/mol. The van der Waals surface area contributed by atoms with Crippen LogP contribution in [-0.4, -0.2) is 31.1 Å². The number of likely N-dealkylation sites (tertiary alicyclic amines) is 1. The van der Waals surface area contributed by atoms with Crippen molar-refractivity contribution in [3.8, 4) is 0 Å². The van der Waals surface area contributed by atoms with Crippen molar-refractivity contribution in [2.45, 2.75) is 32.7 Å². The maximum Gasteiger partial charge on any atom is 0.0386 e. The summed E-state index contributed by atoms with van der Waals surface area (Å²) in [6, 6.07) is 4.84. The third-order valence-electron chi connectivity index (χ3n) is 3.51. The minimum Gasteiger partial charge on any atom is -0.309 e. The van der Waals surface area contributed by atoms with Gasteiger partial charge in [-0.2, -0.15) is 0 Å². The minimum atomic E-state index is 0.496. The number of thiophene rings is 1. The van der Waals surface area contributed by atoms with Gasteiger partial charge in [0.2, 0.25) is 0 Å². The second kappa shape index (κ2) is 6.53. The lowest BCUT2D eigenvalue weighted by molar-refractivity contribution is 0.279. The van der Waals surface area contributed by atoms with Crippen LogP contribution < -0.4 is 5.32 Å². The maximum atomic E-state index is 3.64. The topological polar surface area (TPSA) is 15.3 Å². The fourth-order valence-electron chi connectivity index (χ4n) is 2.49. The third-order valence-corrected chi connectivity index (χ3v) is 4.57. The van der Waals surface area contributed by atoms with E-state index in [0.717, 1.165) is 12.5 Å². The summed E-state index contributed by atoms with van der Waals surface area (Å²) < 4.78 is 0. The van der Waals surface area contributed by atoms with Crippen molar-refractivity contribution in [2.24, 2.45) is 5.92 Å². The molecule has 2 nitrogen and oxygen atoms in total. The Morgan fingerprint density at radius 3 is 2.76 bits per heavy atom. The average molecular weight is 252 g/mol. The monoisotopic (exact) mass is 252 g/mol. The quantitative estimate of drug-likeness (QED) is 0.837. The molecule has 1 N–H and O–H groups in total. The Labute approximate surface area is 109 Å². The summed E-state index contributed by atoms with van der Waals surface area (Å²) in [4.78, 5) is 4.04. The highest BCUT2D eigenvalue weighted by atomic mass is 32.1. The molecule has 1 saturated heterocycles. The van der Waals surface area contributed by atoms with Crippen molar-refractivity contribution >= 4 is 11.3 Å². The summed E-state index contributed by atoms with van der Waals surface area (Å²) in [6.45, 7) is 9.61. The number of nitrogens with one attached hydrogen (secondary N) is 1. The molecule has 1 aliphatic rings. The second-order valence-corrected chi connectivity index (χ2v) is 6.24. The molecule has 17 heavy (non-hydrogen) atoms. The van der Waals surface area contributed by atoms with Crippen LogP contribution in [0.15, 0.2) is 17.5 Å². The number of nitrogens with zero attached hydrogens (tertiary/aromatic N) is 1. The maximum absolute atomic E-state index is 3.64. The Bertz CT molecular complexity index is 304. The summed E-state index contributed by atoms with van der Waals surface area (Å²) in [5.74, 6) is 0.746. The normalized spacial score (nSPS) is 20.6. The number of hydrogen-bond donors (Lipinski definition) is 1. The summed E-state index contributed by atoms with van der Waals surface area (Å²) in [6.07, 6.45) is 2.79. The van der Waals surface area contributed by atoms with E-state index in [4.69, 9.17) is 0 Å². The zero-order valence-electron chi connectivity index (χ0n) is 11.0. The molecule has 0 saturated carbocycles. The molecule has 2 atom stereocenters. The predicted octanol–water partition coefficient (Wildman–Crippen LogP) is 3.13. The van der Waals surface area contributed by atoms with Gasteiger partial charge in [-0.15, -0.1) is 11.3 Å². The van der Waals surface area contributed by atoms with E-state index in [-0.39, 0.29) is 0 Å². The summed E-state index contributed by atoms with van der Waals surface area (Å²) in [5, 5.41) is 5.80. The van der Waals surface area contributed by atoms with Crippen LogP contribution in [0.25, 0.3) is 0 Å². The van der Waals surface area contributed by atoms with Gasteiger partial charge < -0.3 is 10.2 Å². The van der Waals surface area contributed by atoms with E-state index in [0.29, 0.717) is 6.04 Å². The van der Waals surface area contributed by atoms with E-state index >= 15 is 0 Å². The molecule has 1 aromatic heterocycles. The van der Waals surface area contributed by atoms with Crippen LogP contribution in [-0.2, 0) is 0 Å². The van der Waals surface area contributed by atoms with Gasteiger partial charge in [0.1, 0.15) is 0 Å². The largest absolute Gasteiger partial charge is 0.309 e. The van der Waals surface area contributed by atoms with Crippen molar-refractivity contribution in [1.29, 1.82) is 0 Å². The number of rotatable bonds is 6. The molecule has 2 heterocycles. The molecule has 0 spiro atoms. The van der Waals surface area contributed by atoms with E-state index < -0.39 is 0 Å². The zero-order valence-corrected chi connectivity index (χ0v) is 11.8. The molecule has 0 radical (unpaired) electrons. The lowest BCUT2D eigenvalue weighted by Crippen LogP contribution is -2.32. The number of hydrogen-bond acceptors (Lipinski definition) is 3. The fraction of sp³-hybridized carbons (Fsp3) is 0.714. The minimum absolute atomic E-state index is 0.496. The summed E-state index contributed by atoms with van der Waals surface area (Å²) in [5.41, 5.74) is 0. The molecule has 96 valence electrons. The van der Waals surface area contributed by atoms with Crippen LogP contribution in [0.4, 0.5) is 0 Å². The van der Waals surface area contributed by atoms with Crippen molar-refractivity contribution in [3.63, 3.8) is 0 Å². The molecule has 0 aliphatic carbocycles. The first-order valence-corrected chi connectivity index (χ1v) is 7.63. The highest BCUT2D eigenvalue weighted by Gasteiger charge is 2.15. The molecule has 0 bridgehead atoms. The van der Waals surface area contributed by atoms with Crippen LogP contribution in [0.5, 0.6) is 0 Å². The van der Waals surface area contributed by atoms with E-state index in [1.807, 2.05) is 11.3 Å². The molecule has 0 amide bonds. The van der Waals surface area contributed by atoms with Crippen LogP contribution in [0.2, 0.25) is 0 Å². The van der Waals surface area contributed by atoms with Crippen molar-refractivity contribution < 1.29 is 0 Å².